The number of hydrazone groups is 1. The van der Waals surface area contributed by atoms with Crippen molar-refractivity contribution >= 4 is 23.5 Å². The molecule has 1 amide bonds. The molecule has 0 saturated carbocycles. The van der Waals surface area contributed by atoms with Gasteiger partial charge in [0, 0.05) is 24.3 Å². The number of nitrogens with zero attached hydrogens (tertiary/aromatic N) is 3. The third-order valence-electron chi connectivity index (χ3n) is 4.69. The Hall–Kier alpha value is -3.62. The van der Waals surface area contributed by atoms with Crippen LogP contribution in [0.2, 0.25) is 0 Å². The zero-order valence-corrected chi connectivity index (χ0v) is 15.0. The van der Waals surface area contributed by atoms with E-state index in [0.717, 1.165) is 18.8 Å². The quantitative estimate of drug-likeness (QED) is 0.484. The molecule has 1 N–H and O–H groups in total. The Bertz CT molecular complexity index is 936. The fourth-order valence-electron chi connectivity index (χ4n) is 3.23. The van der Waals surface area contributed by atoms with Crippen molar-refractivity contribution in [2.45, 2.75) is 12.8 Å². The summed E-state index contributed by atoms with van der Waals surface area (Å²) in [4.78, 5) is 25.2. The number of nitro benzene ring substituents is 1. The minimum Gasteiger partial charge on any atom is -0.454 e. The van der Waals surface area contributed by atoms with E-state index in [1.165, 1.54) is 31.2 Å². The molecule has 0 unspecified atom stereocenters. The Balaban J connectivity index is 1.44. The molecule has 0 bridgehead atoms. The first-order chi connectivity index (χ1) is 13.6. The lowest BCUT2D eigenvalue weighted by Crippen LogP contribution is -2.19. The number of carbonyl (C=O) groups excluding carboxylic acids is 1. The first kappa shape index (κ1) is 17.8. The maximum atomic E-state index is 12.3. The molecule has 0 aliphatic carbocycles. The van der Waals surface area contributed by atoms with Crippen LogP contribution in [-0.4, -0.2) is 36.9 Å². The second-order valence-electron chi connectivity index (χ2n) is 6.46. The van der Waals surface area contributed by atoms with Crippen molar-refractivity contribution in [2.75, 3.05) is 24.8 Å². The monoisotopic (exact) mass is 382 g/mol. The van der Waals surface area contributed by atoms with Gasteiger partial charge in [-0.1, -0.05) is 0 Å². The Morgan fingerprint density at radius 2 is 1.82 bits per heavy atom. The van der Waals surface area contributed by atoms with Crippen molar-refractivity contribution in [3.8, 4) is 11.5 Å². The Morgan fingerprint density at radius 3 is 2.50 bits per heavy atom. The Labute approximate surface area is 160 Å². The topological polar surface area (TPSA) is 106 Å². The highest BCUT2D eigenvalue weighted by atomic mass is 16.7. The third kappa shape index (κ3) is 3.59. The van der Waals surface area contributed by atoms with Crippen molar-refractivity contribution in [3.63, 3.8) is 0 Å². The summed E-state index contributed by atoms with van der Waals surface area (Å²) in [5.74, 6) is 0.314. The SMILES string of the molecule is O=C(N/N=C/c1cc2c(cc1[N+](=O)[O-])OCO2)c1ccc(N2CCCC2)cc1. The van der Waals surface area contributed by atoms with Crippen LogP contribution >= 0.6 is 0 Å². The number of ether oxygens (including phenoxy) is 2. The van der Waals surface area contributed by atoms with Crippen molar-refractivity contribution in [1.82, 2.24) is 5.43 Å². The van der Waals surface area contributed by atoms with E-state index in [0.29, 0.717) is 17.1 Å². The van der Waals surface area contributed by atoms with Crippen molar-refractivity contribution in [3.05, 3.63) is 57.6 Å². The minimum atomic E-state index is -0.539. The number of hydrogen-bond acceptors (Lipinski definition) is 7. The van der Waals surface area contributed by atoms with Crippen LogP contribution in [0.5, 0.6) is 11.5 Å². The molecule has 9 nitrogen and oxygen atoms in total. The number of nitro groups is 1. The van der Waals surface area contributed by atoms with Crippen LogP contribution < -0.4 is 19.8 Å². The standard InChI is InChI=1S/C19H18N4O5/c24-19(13-3-5-15(6-4-13)22-7-1-2-8-22)21-20-11-14-9-17-18(28-12-27-17)10-16(14)23(25)26/h3-6,9-11H,1-2,7-8,12H2,(H,21,24)/b20-11+. The first-order valence-electron chi connectivity index (χ1n) is 8.88. The average Bonchev–Trinajstić information content (AvgIpc) is 3.39. The van der Waals surface area contributed by atoms with Gasteiger partial charge in [0.15, 0.2) is 11.5 Å². The predicted molar refractivity (Wildman–Crippen MR) is 102 cm³/mol. The fourth-order valence-corrected chi connectivity index (χ4v) is 3.23. The number of nitrogens with one attached hydrogen (secondary N) is 1. The lowest BCUT2D eigenvalue weighted by molar-refractivity contribution is -0.385. The summed E-state index contributed by atoms with van der Waals surface area (Å²) in [6, 6.07) is 10.0. The highest BCUT2D eigenvalue weighted by molar-refractivity contribution is 5.95. The molecule has 4 rings (SSSR count). The molecule has 28 heavy (non-hydrogen) atoms. The third-order valence-corrected chi connectivity index (χ3v) is 4.69. The fraction of sp³-hybridized carbons (Fsp3) is 0.263. The summed E-state index contributed by atoms with van der Waals surface area (Å²) in [6.45, 7) is 2.07. The van der Waals surface area contributed by atoms with Crippen LogP contribution in [0.3, 0.4) is 0 Å². The highest BCUT2D eigenvalue weighted by Crippen LogP contribution is 2.37. The summed E-state index contributed by atoms with van der Waals surface area (Å²) in [6.07, 6.45) is 3.59. The summed E-state index contributed by atoms with van der Waals surface area (Å²) in [7, 11) is 0. The maximum Gasteiger partial charge on any atom is 0.282 e. The molecule has 2 heterocycles. The van der Waals surface area contributed by atoms with Gasteiger partial charge in [-0.2, -0.15) is 5.10 Å². The molecule has 0 atom stereocenters. The molecule has 144 valence electrons. The summed E-state index contributed by atoms with van der Waals surface area (Å²) >= 11 is 0. The number of fused-ring (bicyclic) bond motifs is 1. The van der Waals surface area contributed by atoms with E-state index in [4.69, 9.17) is 9.47 Å². The number of carbonyl (C=O) groups is 1. The zero-order valence-electron chi connectivity index (χ0n) is 15.0. The molecule has 0 radical (unpaired) electrons. The van der Waals surface area contributed by atoms with Crippen LogP contribution in [-0.2, 0) is 0 Å². The van der Waals surface area contributed by atoms with Gasteiger partial charge in [-0.15, -0.1) is 0 Å². The Kier molecular flexibility index (Phi) is 4.79. The van der Waals surface area contributed by atoms with E-state index < -0.39 is 10.8 Å². The van der Waals surface area contributed by atoms with E-state index >= 15 is 0 Å². The molecule has 9 heteroatoms. The van der Waals surface area contributed by atoms with Crippen molar-refractivity contribution < 1.29 is 19.2 Å². The second kappa shape index (κ2) is 7.55. The van der Waals surface area contributed by atoms with Gasteiger partial charge in [0.1, 0.15) is 0 Å². The van der Waals surface area contributed by atoms with Crippen LogP contribution in [0.25, 0.3) is 0 Å². The van der Waals surface area contributed by atoms with Crippen LogP contribution in [0, 0.1) is 10.1 Å². The largest absolute Gasteiger partial charge is 0.454 e. The normalized spacial score (nSPS) is 15.2. The number of anilines is 1. The summed E-state index contributed by atoms with van der Waals surface area (Å²) < 4.78 is 10.4. The van der Waals surface area contributed by atoms with Crippen molar-refractivity contribution in [2.24, 2.45) is 5.10 Å². The molecule has 0 spiro atoms. The summed E-state index contributed by atoms with van der Waals surface area (Å²) in [5.41, 5.74) is 3.97. The van der Waals surface area contributed by atoms with Gasteiger partial charge in [-0.05, 0) is 43.2 Å². The van der Waals surface area contributed by atoms with E-state index in [1.807, 2.05) is 12.1 Å². The molecular weight excluding hydrogens is 364 g/mol. The first-order valence-corrected chi connectivity index (χ1v) is 8.88. The van der Waals surface area contributed by atoms with Crippen molar-refractivity contribution in [1.29, 1.82) is 0 Å². The number of hydrogen-bond donors (Lipinski definition) is 1. The predicted octanol–water partition coefficient (Wildman–Crippen LogP) is 2.69. The molecule has 2 aliphatic heterocycles. The summed E-state index contributed by atoms with van der Waals surface area (Å²) in [5, 5.41) is 15.1. The van der Waals surface area contributed by atoms with E-state index in [-0.39, 0.29) is 18.0 Å². The molecular formula is C19H18N4O5. The van der Waals surface area contributed by atoms with Gasteiger partial charge in [0.25, 0.3) is 11.6 Å². The smallest absolute Gasteiger partial charge is 0.282 e. The van der Waals surface area contributed by atoms with Gasteiger partial charge in [-0.25, -0.2) is 5.43 Å². The molecule has 0 aromatic heterocycles. The lowest BCUT2D eigenvalue weighted by atomic mass is 10.1. The van der Waals surface area contributed by atoms with Crippen LogP contribution in [0.1, 0.15) is 28.8 Å². The lowest BCUT2D eigenvalue weighted by Gasteiger charge is -2.17. The molecule has 2 aromatic carbocycles. The molecule has 2 aromatic rings. The van der Waals surface area contributed by atoms with E-state index in [1.54, 1.807) is 12.1 Å². The van der Waals surface area contributed by atoms with Gasteiger partial charge < -0.3 is 14.4 Å². The van der Waals surface area contributed by atoms with E-state index in [9.17, 15) is 14.9 Å². The van der Waals surface area contributed by atoms with Crippen LogP contribution in [0.15, 0.2) is 41.5 Å². The second-order valence-corrected chi connectivity index (χ2v) is 6.46. The maximum absolute atomic E-state index is 12.3. The van der Waals surface area contributed by atoms with E-state index in [2.05, 4.69) is 15.4 Å². The number of rotatable bonds is 5. The number of amides is 1. The van der Waals surface area contributed by atoms with Crippen LogP contribution in [0.4, 0.5) is 11.4 Å². The average molecular weight is 382 g/mol. The minimum absolute atomic E-state index is 0.0112. The zero-order chi connectivity index (χ0) is 19.5. The van der Waals surface area contributed by atoms with Gasteiger partial charge in [-0.3, -0.25) is 14.9 Å². The Morgan fingerprint density at radius 1 is 1.14 bits per heavy atom. The van der Waals surface area contributed by atoms with Gasteiger partial charge in [0.05, 0.1) is 22.8 Å². The molecule has 1 saturated heterocycles. The highest BCUT2D eigenvalue weighted by Gasteiger charge is 2.22. The van der Waals surface area contributed by atoms with Gasteiger partial charge in [0.2, 0.25) is 6.79 Å². The number of benzene rings is 2. The molecule has 2 aliphatic rings. The molecule has 1 fully saturated rings. The van der Waals surface area contributed by atoms with Gasteiger partial charge >= 0.3 is 0 Å².